The van der Waals surface area contributed by atoms with E-state index in [0.29, 0.717) is 19.3 Å². The van der Waals surface area contributed by atoms with Crippen LogP contribution in [0.4, 0.5) is 0 Å². The van der Waals surface area contributed by atoms with Gasteiger partial charge in [-0.2, -0.15) is 0 Å². The smallest absolute Gasteiger partial charge is 0.0738 e. The molecule has 0 radical (unpaired) electrons. The molecule has 0 aromatic carbocycles. The molecule has 1 aliphatic carbocycles. The second kappa shape index (κ2) is 6.86. The number of hydrogen-bond donors (Lipinski definition) is 1. The summed E-state index contributed by atoms with van der Waals surface area (Å²) < 4.78 is 6.05. The van der Waals surface area contributed by atoms with Gasteiger partial charge < -0.3 is 10.5 Å². The number of aromatic nitrogens is 1. The normalized spacial score (nSPS) is 24.1. The molecule has 3 nitrogen and oxygen atoms in total. The molecule has 2 unspecified atom stereocenters. The van der Waals surface area contributed by atoms with E-state index < -0.39 is 0 Å². The highest BCUT2D eigenvalue weighted by Gasteiger charge is 2.21. The van der Waals surface area contributed by atoms with Crippen LogP contribution < -0.4 is 5.73 Å². The average molecular weight is 248 g/mol. The Hall–Kier alpha value is -0.930. The molecule has 0 aliphatic heterocycles. The van der Waals surface area contributed by atoms with Crippen molar-refractivity contribution in [1.29, 1.82) is 0 Å². The average Bonchev–Trinajstić information content (AvgIpc) is 2.45. The van der Waals surface area contributed by atoms with Crippen molar-refractivity contribution in [3.8, 4) is 0 Å². The summed E-state index contributed by atoms with van der Waals surface area (Å²) in [7, 11) is 0. The van der Waals surface area contributed by atoms with Gasteiger partial charge in [-0.1, -0.05) is 32.3 Å². The summed E-state index contributed by atoms with van der Waals surface area (Å²) in [6.45, 7) is 3.42. The maximum absolute atomic E-state index is 6.05. The topological polar surface area (TPSA) is 48.1 Å². The van der Waals surface area contributed by atoms with E-state index in [0.717, 1.165) is 17.2 Å². The molecule has 2 rings (SSSR count). The van der Waals surface area contributed by atoms with Gasteiger partial charge >= 0.3 is 0 Å². The van der Waals surface area contributed by atoms with Crippen molar-refractivity contribution in [3.63, 3.8) is 0 Å². The van der Waals surface area contributed by atoms with Crippen molar-refractivity contribution in [2.75, 3.05) is 0 Å². The van der Waals surface area contributed by atoms with E-state index in [4.69, 9.17) is 10.5 Å². The predicted octanol–water partition coefficient (Wildman–Crippen LogP) is 3.03. The number of nitrogens with two attached hydrogens (primary N) is 1. The quantitative estimate of drug-likeness (QED) is 0.871. The maximum Gasteiger partial charge on any atom is 0.0738 e. The molecule has 1 fully saturated rings. The molecular formula is C15H24N2O. The Balaban J connectivity index is 1.87. The van der Waals surface area contributed by atoms with Crippen molar-refractivity contribution < 1.29 is 4.74 Å². The van der Waals surface area contributed by atoms with E-state index in [1.54, 1.807) is 6.20 Å². The molecule has 1 aromatic rings. The van der Waals surface area contributed by atoms with E-state index in [2.05, 4.69) is 18.0 Å². The minimum atomic E-state index is 0.425. The zero-order valence-corrected chi connectivity index (χ0v) is 11.3. The van der Waals surface area contributed by atoms with E-state index >= 15 is 0 Å². The summed E-state index contributed by atoms with van der Waals surface area (Å²) in [5.74, 6) is 0.853. The van der Waals surface area contributed by atoms with Crippen molar-refractivity contribution >= 4 is 0 Å². The van der Waals surface area contributed by atoms with Crippen molar-refractivity contribution in [2.45, 2.75) is 58.3 Å². The van der Waals surface area contributed by atoms with Crippen molar-refractivity contribution in [2.24, 2.45) is 11.7 Å². The van der Waals surface area contributed by atoms with Gasteiger partial charge in [0, 0.05) is 18.3 Å². The van der Waals surface area contributed by atoms with Crippen LogP contribution in [0.15, 0.2) is 18.3 Å². The first kappa shape index (κ1) is 13.5. The van der Waals surface area contributed by atoms with Crippen molar-refractivity contribution in [3.05, 3.63) is 29.6 Å². The molecule has 1 saturated carbocycles. The highest BCUT2D eigenvalue weighted by molar-refractivity contribution is 5.18. The fourth-order valence-electron chi connectivity index (χ4n) is 2.76. The first-order chi connectivity index (χ1) is 8.83. The third-order valence-corrected chi connectivity index (χ3v) is 3.96. The zero-order valence-electron chi connectivity index (χ0n) is 11.3. The standard InChI is InChI=1S/C15H24N2O/c1-2-12-5-3-7-14(9-12)18-11-13-6-4-8-17-15(13)10-16/h4,6,8,12,14H,2-3,5,7,9-11,16H2,1H3. The molecule has 1 aliphatic rings. The molecule has 0 amide bonds. The van der Waals surface area contributed by atoms with Crippen LogP contribution in [-0.2, 0) is 17.9 Å². The molecule has 2 N–H and O–H groups in total. The first-order valence-electron chi connectivity index (χ1n) is 7.08. The summed E-state index contributed by atoms with van der Waals surface area (Å²) >= 11 is 0. The van der Waals surface area contributed by atoms with Gasteiger partial charge in [-0.3, -0.25) is 4.98 Å². The molecule has 100 valence electrons. The number of rotatable bonds is 5. The van der Waals surface area contributed by atoms with Crippen LogP contribution in [0.1, 0.15) is 50.3 Å². The molecule has 3 heteroatoms. The lowest BCUT2D eigenvalue weighted by Crippen LogP contribution is -2.22. The number of ether oxygens (including phenoxy) is 1. The number of pyridine rings is 1. The fraction of sp³-hybridized carbons (Fsp3) is 0.667. The second-order valence-corrected chi connectivity index (χ2v) is 5.19. The second-order valence-electron chi connectivity index (χ2n) is 5.19. The van der Waals surface area contributed by atoms with Gasteiger partial charge in [0.2, 0.25) is 0 Å². The van der Waals surface area contributed by atoms with Crippen LogP contribution in [0.3, 0.4) is 0 Å². The molecule has 0 spiro atoms. The summed E-state index contributed by atoms with van der Waals surface area (Å²) in [6.07, 6.45) is 8.59. The summed E-state index contributed by atoms with van der Waals surface area (Å²) in [6, 6.07) is 4.02. The molecule has 2 atom stereocenters. The summed E-state index contributed by atoms with van der Waals surface area (Å²) in [5, 5.41) is 0. The van der Waals surface area contributed by atoms with Crippen LogP contribution in [0.5, 0.6) is 0 Å². The van der Waals surface area contributed by atoms with Gasteiger partial charge in [0.25, 0.3) is 0 Å². The Morgan fingerprint density at radius 1 is 1.44 bits per heavy atom. The Morgan fingerprint density at radius 3 is 3.11 bits per heavy atom. The Labute approximate surface area is 110 Å². The molecular weight excluding hydrogens is 224 g/mol. The Kier molecular flexibility index (Phi) is 5.14. The lowest BCUT2D eigenvalue weighted by atomic mass is 9.85. The van der Waals surface area contributed by atoms with Crippen LogP contribution in [0.25, 0.3) is 0 Å². The molecule has 0 bridgehead atoms. The monoisotopic (exact) mass is 248 g/mol. The van der Waals surface area contributed by atoms with E-state index in [1.165, 1.54) is 32.1 Å². The van der Waals surface area contributed by atoms with Crippen LogP contribution >= 0.6 is 0 Å². The van der Waals surface area contributed by atoms with E-state index in [1.807, 2.05) is 6.07 Å². The number of nitrogens with zero attached hydrogens (tertiary/aromatic N) is 1. The van der Waals surface area contributed by atoms with E-state index in [9.17, 15) is 0 Å². The van der Waals surface area contributed by atoms with Gasteiger partial charge in [0.05, 0.1) is 18.4 Å². The highest BCUT2D eigenvalue weighted by Crippen LogP contribution is 2.29. The highest BCUT2D eigenvalue weighted by atomic mass is 16.5. The fourth-order valence-corrected chi connectivity index (χ4v) is 2.76. The predicted molar refractivity (Wildman–Crippen MR) is 73.0 cm³/mol. The van der Waals surface area contributed by atoms with Crippen molar-refractivity contribution in [1.82, 2.24) is 4.98 Å². The van der Waals surface area contributed by atoms with Gasteiger partial charge in [-0.25, -0.2) is 0 Å². The minimum absolute atomic E-state index is 0.425. The minimum Gasteiger partial charge on any atom is -0.373 e. The van der Waals surface area contributed by atoms with Crippen LogP contribution in [-0.4, -0.2) is 11.1 Å². The summed E-state index contributed by atoms with van der Waals surface area (Å²) in [5.41, 5.74) is 7.78. The zero-order chi connectivity index (χ0) is 12.8. The first-order valence-corrected chi connectivity index (χ1v) is 7.08. The largest absolute Gasteiger partial charge is 0.373 e. The molecule has 1 heterocycles. The lowest BCUT2D eigenvalue weighted by Gasteiger charge is -2.28. The molecule has 0 saturated heterocycles. The van der Waals surface area contributed by atoms with E-state index in [-0.39, 0.29) is 0 Å². The summed E-state index contributed by atoms with van der Waals surface area (Å²) in [4.78, 5) is 4.29. The lowest BCUT2D eigenvalue weighted by molar-refractivity contribution is 0.00136. The molecule has 1 aromatic heterocycles. The number of hydrogen-bond acceptors (Lipinski definition) is 3. The third kappa shape index (κ3) is 3.53. The Morgan fingerprint density at radius 2 is 2.33 bits per heavy atom. The Bertz CT molecular complexity index is 367. The van der Waals surface area contributed by atoms with Gasteiger partial charge in [0.1, 0.15) is 0 Å². The molecule has 18 heavy (non-hydrogen) atoms. The van der Waals surface area contributed by atoms with Gasteiger partial charge in [0.15, 0.2) is 0 Å². The van der Waals surface area contributed by atoms with Gasteiger partial charge in [-0.15, -0.1) is 0 Å². The maximum atomic E-state index is 6.05. The van der Waals surface area contributed by atoms with Gasteiger partial charge in [-0.05, 0) is 24.8 Å². The van der Waals surface area contributed by atoms with Crippen LogP contribution in [0.2, 0.25) is 0 Å². The SMILES string of the molecule is CCC1CCCC(OCc2cccnc2CN)C1. The van der Waals surface area contributed by atoms with Crippen LogP contribution in [0, 0.1) is 5.92 Å². The third-order valence-electron chi connectivity index (χ3n) is 3.96.